The van der Waals surface area contributed by atoms with Gasteiger partial charge in [0.25, 0.3) is 7.82 Å². The predicted octanol–water partition coefficient (Wildman–Crippen LogP) is 5.94. The summed E-state index contributed by atoms with van der Waals surface area (Å²) in [6, 6.07) is 3.59. The lowest BCUT2D eigenvalue weighted by molar-refractivity contribution is -0.813. The fourth-order valence-corrected chi connectivity index (χ4v) is 5.62. The average Bonchev–Trinajstić information content (AvgIpc) is 2.86. The number of carbonyl (C=O) groups excluding carboxylic acids is 1. The molecule has 212 valence electrons. The van der Waals surface area contributed by atoms with Crippen LogP contribution in [0.3, 0.4) is 0 Å². The molecular weight excluding hydrogens is 493 g/mol. The van der Waals surface area contributed by atoms with Crippen LogP contribution in [0.5, 0.6) is 0 Å². The molecule has 1 aromatic heterocycles. The van der Waals surface area contributed by atoms with Crippen LogP contribution in [0.1, 0.15) is 116 Å². The molecule has 0 N–H and O–H groups in total. The molecule has 2 aliphatic heterocycles. The molecule has 3 unspecified atom stereocenters. The molecule has 0 radical (unpaired) electrons. The van der Waals surface area contributed by atoms with Crippen LogP contribution < -0.4 is 9.46 Å². The van der Waals surface area contributed by atoms with Crippen molar-refractivity contribution in [2.75, 3.05) is 19.8 Å². The van der Waals surface area contributed by atoms with E-state index in [1.54, 1.807) is 30.0 Å². The first-order valence-corrected chi connectivity index (χ1v) is 15.7. The molecule has 3 atom stereocenters. The summed E-state index contributed by atoms with van der Waals surface area (Å²) in [5, 5.41) is 0. The van der Waals surface area contributed by atoms with Crippen molar-refractivity contribution in [1.82, 2.24) is 0 Å². The van der Waals surface area contributed by atoms with E-state index in [-0.39, 0.29) is 13.2 Å². The largest absolute Gasteiger partial charge is 0.756 e. The number of rotatable bonds is 23. The van der Waals surface area contributed by atoms with E-state index in [9.17, 15) is 14.3 Å². The molecule has 3 heterocycles. The molecule has 0 fully saturated rings. The fraction of sp³-hybridized carbons (Fsp3) is 0.786. The summed E-state index contributed by atoms with van der Waals surface area (Å²) in [6.07, 6.45) is 20.7. The molecule has 9 heteroatoms. The third-order valence-corrected chi connectivity index (χ3v) is 7.86. The van der Waals surface area contributed by atoms with E-state index < -0.39 is 25.6 Å². The summed E-state index contributed by atoms with van der Waals surface area (Å²) in [4.78, 5) is 23.8. The molecule has 8 nitrogen and oxygen atoms in total. The van der Waals surface area contributed by atoms with E-state index in [2.05, 4.69) is 6.92 Å². The molecule has 0 saturated carbocycles. The summed E-state index contributed by atoms with van der Waals surface area (Å²) in [5.41, 5.74) is -0.365. The highest BCUT2D eigenvalue weighted by Gasteiger charge is 2.50. The normalized spacial score (nSPS) is 18.7. The number of pyridine rings is 1. The third-order valence-electron chi connectivity index (χ3n) is 6.82. The molecule has 0 aliphatic carbocycles. The maximum atomic E-state index is 12.4. The van der Waals surface area contributed by atoms with Crippen molar-refractivity contribution in [1.29, 1.82) is 0 Å². The number of aromatic nitrogens is 1. The van der Waals surface area contributed by atoms with E-state index in [1.165, 1.54) is 84.0 Å². The number of esters is 1. The molecule has 3 rings (SSSR count). The number of hydrogen-bond acceptors (Lipinski definition) is 7. The lowest BCUT2D eigenvalue weighted by atomic mass is 10.00. The van der Waals surface area contributed by atoms with Gasteiger partial charge in [-0.1, -0.05) is 90.4 Å². The van der Waals surface area contributed by atoms with Crippen LogP contribution in [0.2, 0.25) is 0 Å². The number of fused-ring (bicyclic) bond motifs is 2. The maximum absolute atomic E-state index is 12.4. The SMILES string of the molecule is CCCCCCCCCCCCCCCCOCC(COP(=O)([O-])OC1(C)c2ccc[n+]1c2)OC(C)=O. The lowest BCUT2D eigenvalue weighted by Gasteiger charge is -2.35. The van der Waals surface area contributed by atoms with Gasteiger partial charge in [0.1, 0.15) is 11.7 Å². The maximum Gasteiger partial charge on any atom is 0.308 e. The van der Waals surface area contributed by atoms with E-state index in [0.29, 0.717) is 6.61 Å². The molecule has 0 amide bonds. The van der Waals surface area contributed by atoms with Crippen molar-refractivity contribution in [3.8, 4) is 0 Å². The Hall–Kier alpha value is -1.31. The van der Waals surface area contributed by atoms with Crippen LogP contribution in [0.25, 0.3) is 0 Å². The van der Waals surface area contributed by atoms with Crippen LogP contribution in [0, 0.1) is 0 Å². The number of unbranched alkanes of at least 4 members (excludes halogenated alkanes) is 13. The Kier molecular flexibility index (Phi) is 14.9. The van der Waals surface area contributed by atoms with Crippen molar-refractivity contribution in [2.45, 2.75) is 122 Å². The summed E-state index contributed by atoms with van der Waals surface area (Å²) in [6.45, 7) is 5.43. The van der Waals surface area contributed by atoms with Gasteiger partial charge in [0.05, 0.1) is 13.2 Å². The van der Waals surface area contributed by atoms with E-state index >= 15 is 0 Å². The minimum atomic E-state index is -4.64. The first kappa shape index (κ1) is 31.9. The topological polar surface area (TPSA) is 98.0 Å². The van der Waals surface area contributed by atoms with Crippen LogP contribution in [0.15, 0.2) is 24.5 Å². The van der Waals surface area contributed by atoms with Crippen molar-refractivity contribution < 1.29 is 37.3 Å². The fourth-order valence-electron chi connectivity index (χ4n) is 4.58. The number of ether oxygens (including phenoxy) is 2. The van der Waals surface area contributed by atoms with Gasteiger partial charge in [-0.05, 0) is 12.5 Å². The van der Waals surface area contributed by atoms with Crippen molar-refractivity contribution in [3.05, 3.63) is 30.1 Å². The molecule has 0 saturated heterocycles. The molecule has 37 heavy (non-hydrogen) atoms. The van der Waals surface area contributed by atoms with Crippen molar-refractivity contribution >= 4 is 13.8 Å². The highest BCUT2D eigenvalue weighted by Crippen LogP contribution is 2.47. The minimum absolute atomic E-state index is 0.0725. The quantitative estimate of drug-likeness (QED) is 0.0732. The van der Waals surface area contributed by atoms with Crippen LogP contribution >= 0.6 is 7.82 Å². The summed E-state index contributed by atoms with van der Waals surface area (Å²) in [5.74, 6) is -0.521. The van der Waals surface area contributed by atoms with Gasteiger partial charge in [-0.3, -0.25) is 9.36 Å². The van der Waals surface area contributed by atoms with Gasteiger partial charge in [0.2, 0.25) is 0 Å². The number of phosphoric acid groups is 1. The number of carbonyl (C=O) groups is 1. The van der Waals surface area contributed by atoms with E-state index in [0.717, 1.165) is 18.4 Å². The Morgan fingerprint density at radius 3 is 2.03 bits per heavy atom. The van der Waals surface area contributed by atoms with Crippen LogP contribution in [0.4, 0.5) is 0 Å². The van der Waals surface area contributed by atoms with Gasteiger partial charge in [0, 0.05) is 26.5 Å². The molecule has 0 aromatic carbocycles. The van der Waals surface area contributed by atoms with Gasteiger partial charge in [0.15, 0.2) is 12.4 Å². The second kappa shape index (κ2) is 17.3. The monoisotopic (exact) mass is 541 g/mol. The standard InChI is InChI=1S/C28H48NO7P/c1-4-5-6-7-8-9-10-11-12-13-14-15-16-17-21-33-23-27(35-25(2)30)24-34-37(31,32)36-28(3)26-19-18-20-29(28)22-26/h18-20,22,27H,4-17,21,23-24H2,1-3H3. The Labute approximate surface area is 223 Å². The van der Waals surface area contributed by atoms with E-state index in [1.807, 2.05) is 6.07 Å². The predicted molar refractivity (Wildman–Crippen MR) is 141 cm³/mol. The zero-order valence-electron chi connectivity index (χ0n) is 23.2. The molecular formula is C28H48NO7P. The Bertz CT molecular complexity index is 808. The third kappa shape index (κ3) is 12.4. The van der Waals surface area contributed by atoms with Gasteiger partial charge < -0.3 is 18.9 Å². The molecule has 1 aromatic rings. The number of nitrogens with zero attached hydrogens (tertiary/aromatic N) is 1. The summed E-state index contributed by atoms with van der Waals surface area (Å²) >= 11 is 0. The zero-order valence-corrected chi connectivity index (χ0v) is 24.1. The van der Waals surface area contributed by atoms with Crippen molar-refractivity contribution in [2.24, 2.45) is 0 Å². The smallest absolute Gasteiger partial charge is 0.308 e. The first-order valence-electron chi connectivity index (χ1n) is 14.2. The van der Waals surface area contributed by atoms with Crippen LogP contribution in [-0.2, 0) is 33.6 Å². The Morgan fingerprint density at radius 2 is 1.54 bits per heavy atom. The highest BCUT2D eigenvalue weighted by molar-refractivity contribution is 7.45. The number of phosphoric ester groups is 1. The Morgan fingerprint density at radius 1 is 0.973 bits per heavy atom. The van der Waals surface area contributed by atoms with Crippen LogP contribution in [-0.4, -0.2) is 31.9 Å². The van der Waals surface area contributed by atoms with Gasteiger partial charge in [-0.2, -0.15) is 4.57 Å². The minimum Gasteiger partial charge on any atom is -0.756 e. The van der Waals surface area contributed by atoms with Gasteiger partial charge >= 0.3 is 11.7 Å². The zero-order chi connectivity index (χ0) is 27.0. The summed E-state index contributed by atoms with van der Waals surface area (Å²) in [7, 11) is -4.64. The summed E-state index contributed by atoms with van der Waals surface area (Å²) < 4.78 is 35.2. The average molecular weight is 542 g/mol. The molecule has 0 spiro atoms. The lowest BCUT2D eigenvalue weighted by Crippen LogP contribution is -2.64. The van der Waals surface area contributed by atoms with Crippen molar-refractivity contribution in [3.63, 3.8) is 0 Å². The highest BCUT2D eigenvalue weighted by atomic mass is 31.2. The second-order valence-corrected chi connectivity index (χ2v) is 11.6. The Balaban J connectivity index is 1.50. The first-order chi connectivity index (χ1) is 17.8. The second-order valence-electron chi connectivity index (χ2n) is 10.2. The molecule has 2 aliphatic rings. The van der Waals surface area contributed by atoms with E-state index in [4.69, 9.17) is 18.5 Å². The molecule has 2 bridgehead atoms. The van der Waals surface area contributed by atoms with Gasteiger partial charge in [-0.25, -0.2) is 4.52 Å². The van der Waals surface area contributed by atoms with Gasteiger partial charge in [-0.15, -0.1) is 0 Å². The number of hydrogen-bond donors (Lipinski definition) is 0.